The highest BCUT2D eigenvalue weighted by Gasteiger charge is 2.14. The number of anilines is 1. The zero-order chi connectivity index (χ0) is 7.68. The van der Waals surface area contributed by atoms with Crippen molar-refractivity contribution in [2.75, 3.05) is 16.3 Å². The summed E-state index contributed by atoms with van der Waals surface area (Å²) < 4.78 is 7.52. The number of hydrogen-bond acceptors (Lipinski definition) is 3. The molecule has 0 N–H and O–H groups in total. The normalized spacial score (nSPS) is 15.5. The van der Waals surface area contributed by atoms with E-state index in [9.17, 15) is 0 Å². The summed E-state index contributed by atoms with van der Waals surface area (Å²) in [6.07, 6.45) is 3.53. The van der Waals surface area contributed by atoms with Crippen LogP contribution in [0.15, 0.2) is 18.5 Å². The first-order valence-corrected chi connectivity index (χ1v) is 4.34. The summed E-state index contributed by atoms with van der Waals surface area (Å²) in [6.45, 7) is 1.69. The van der Waals surface area contributed by atoms with Crippen LogP contribution in [0.1, 0.15) is 0 Å². The SMILES string of the molecule is IN1CCOc2cnccc21. The Morgan fingerprint density at radius 3 is 3.36 bits per heavy atom. The summed E-state index contributed by atoms with van der Waals surface area (Å²) >= 11 is 2.27. The summed E-state index contributed by atoms with van der Waals surface area (Å²) in [5.74, 6) is 0.883. The van der Waals surface area contributed by atoms with Crippen LogP contribution in [0.3, 0.4) is 0 Å². The molecule has 1 aromatic heterocycles. The Morgan fingerprint density at radius 2 is 2.55 bits per heavy atom. The zero-order valence-corrected chi connectivity index (χ0v) is 7.98. The van der Waals surface area contributed by atoms with Gasteiger partial charge < -0.3 is 7.85 Å². The van der Waals surface area contributed by atoms with E-state index in [1.807, 2.05) is 6.07 Å². The van der Waals surface area contributed by atoms with Crippen LogP contribution < -0.4 is 7.85 Å². The van der Waals surface area contributed by atoms with Crippen molar-refractivity contribution in [3.63, 3.8) is 0 Å². The number of rotatable bonds is 0. The highest BCUT2D eigenvalue weighted by atomic mass is 127. The van der Waals surface area contributed by atoms with Crippen molar-refractivity contribution in [1.29, 1.82) is 0 Å². The second-order valence-electron chi connectivity index (χ2n) is 2.28. The molecule has 0 amide bonds. The Kier molecular flexibility index (Phi) is 1.85. The standard InChI is InChI=1S/C7H7IN2O/c8-10-3-4-11-7-5-9-2-1-6(7)10/h1-2,5H,3-4H2. The first-order chi connectivity index (χ1) is 5.38. The fourth-order valence-corrected chi connectivity index (χ4v) is 1.64. The molecule has 0 radical (unpaired) electrons. The van der Waals surface area contributed by atoms with E-state index in [2.05, 4.69) is 31.0 Å². The van der Waals surface area contributed by atoms with E-state index in [-0.39, 0.29) is 0 Å². The number of fused-ring (bicyclic) bond motifs is 1. The van der Waals surface area contributed by atoms with Crippen LogP contribution in [-0.2, 0) is 0 Å². The zero-order valence-electron chi connectivity index (χ0n) is 5.83. The van der Waals surface area contributed by atoms with E-state index < -0.39 is 0 Å². The lowest BCUT2D eigenvalue weighted by Crippen LogP contribution is -2.23. The van der Waals surface area contributed by atoms with Crippen LogP contribution in [0.25, 0.3) is 0 Å². The van der Waals surface area contributed by atoms with E-state index in [1.165, 1.54) is 0 Å². The van der Waals surface area contributed by atoms with Gasteiger partial charge >= 0.3 is 0 Å². The van der Waals surface area contributed by atoms with Gasteiger partial charge in [0.25, 0.3) is 0 Å². The quantitative estimate of drug-likeness (QED) is 0.525. The minimum Gasteiger partial charge on any atom is -0.488 e. The number of pyridine rings is 1. The third kappa shape index (κ3) is 1.26. The molecule has 0 saturated heterocycles. The predicted octanol–water partition coefficient (Wildman–Crippen LogP) is 1.63. The van der Waals surface area contributed by atoms with E-state index in [0.29, 0.717) is 0 Å². The third-order valence-electron chi connectivity index (χ3n) is 1.57. The summed E-state index contributed by atoms with van der Waals surface area (Å²) in [7, 11) is 0. The molecule has 0 bridgehead atoms. The Labute approximate surface area is 78.9 Å². The molecule has 0 unspecified atom stereocenters. The van der Waals surface area contributed by atoms with Gasteiger partial charge in [0.1, 0.15) is 6.61 Å². The van der Waals surface area contributed by atoms with Gasteiger partial charge in [-0.15, -0.1) is 0 Å². The van der Waals surface area contributed by atoms with Crippen molar-refractivity contribution in [2.45, 2.75) is 0 Å². The van der Waals surface area contributed by atoms with Crippen LogP contribution >= 0.6 is 22.9 Å². The van der Waals surface area contributed by atoms with Gasteiger partial charge in [-0.1, -0.05) is 0 Å². The van der Waals surface area contributed by atoms with Crippen molar-refractivity contribution >= 4 is 28.6 Å². The molecule has 4 heteroatoms. The van der Waals surface area contributed by atoms with E-state index in [4.69, 9.17) is 4.74 Å². The van der Waals surface area contributed by atoms with E-state index in [1.54, 1.807) is 12.4 Å². The van der Waals surface area contributed by atoms with Crippen LogP contribution in [0, 0.1) is 0 Å². The molecule has 0 aliphatic carbocycles. The Hall–Kier alpha value is -0.520. The van der Waals surface area contributed by atoms with E-state index in [0.717, 1.165) is 24.6 Å². The van der Waals surface area contributed by atoms with Crippen molar-refractivity contribution in [3.05, 3.63) is 18.5 Å². The first-order valence-electron chi connectivity index (χ1n) is 3.38. The minimum atomic E-state index is 0.752. The molecule has 58 valence electrons. The summed E-state index contributed by atoms with van der Waals surface area (Å²) in [5, 5.41) is 0. The lowest BCUT2D eigenvalue weighted by Gasteiger charge is -2.24. The highest BCUT2D eigenvalue weighted by Crippen LogP contribution is 2.31. The number of nitrogens with zero attached hydrogens (tertiary/aromatic N) is 2. The van der Waals surface area contributed by atoms with Crippen molar-refractivity contribution in [1.82, 2.24) is 4.98 Å². The van der Waals surface area contributed by atoms with Crippen molar-refractivity contribution in [3.8, 4) is 5.75 Å². The van der Waals surface area contributed by atoms with Crippen LogP contribution in [0.5, 0.6) is 5.75 Å². The van der Waals surface area contributed by atoms with Gasteiger partial charge in [0.15, 0.2) is 5.75 Å². The summed E-state index contributed by atoms with van der Waals surface area (Å²) in [6, 6.07) is 1.96. The van der Waals surface area contributed by atoms with E-state index >= 15 is 0 Å². The Bertz CT molecular complexity index is 266. The average Bonchev–Trinajstić information content (AvgIpc) is 2.06. The molecule has 0 fully saturated rings. The fourth-order valence-electron chi connectivity index (χ4n) is 1.04. The molecule has 1 aromatic rings. The van der Waals surface area contributed by atoms with Gasteiger partial charge in [0.05, 0.1) is 41.3 Å². The van der Waals surface area contributed by atoms with Gasteiger partial charge in [-0.05, 0) is 6.07 Å². The maximum Gasteiger partial charge on any atom is 0.161 e. The number of halogens is 1. The predicted molar refractivity (Wildman–Crippen MR) is 51.1 cm³/mol. The smallest absolute Gasteiger partial charge is 0.161 e. The van der Waals surface area contributed by atoms with Gasteiger partial charge in [-0.25, -0.2) is 0 Å². The largest absolute Gasteiger partial charge is 0.488 e. The molecule has 2 rings (SSSR count). The molecule has 2 heterocycles. The summed E-state index contributed by atoms with van der Waals surface area (Å²) in [4.78, 5) is 3.98. The van der Waals surface area contributed by atoms with Crippen LogP contribution in [0.4, 0.5) is 5.69 Å². The monoisotopic (exact) mass is 262 g/mol. The highest BCUT2D eigenvalue weighted by molar-refractivity contribution is 14.1. The Morgan fingerprint density at radius 1 is 1.64 bits per heavy atom. The Balaban J connectivity index is 2.44. The molecule has 11 heavy (non-hydrogen) atoms. The molecular formula is C7H7IN2O. The molecule has 1 aliphatic heterocycles. The lowest BCUT2D eigenvalue weighted by atomic mass is 10.3. The van der Waals surface area contributed by atoms with Crippen LogP contribution in [-0.4, -0.2) is 18.1 Å². The number of hydrogen-bond donors (Lipinski definition) is 0. The molecule has 0 spiro atoms. The van der Waals surface area contributed by atoms with Gasteiger partial charge in [0.2, 0.25) is 0 Å². The number of aromatic nitrogens is 1. The van der Waals surface area contributed by atoms with Crippen molar-refractivity contribution in [2.24, 2.45) is 0 Å². The van der Waals surface area contributed by atoms with Gasteiger partial charge in [-0.2, -0.15) is 0 Å². The van der Waals surface area contributed by atoms with Gasteiger partial charge in [0, 0.05) is 6.20 Å². The third-order valence-corrected chi connectivity index (χ3v) is 2.57. The molecule has 0 atom stereocenters. The molecule has 0 saturated carbocycles. The number of ether oxygens (including phenoxy) is 1. The van der Waals surface area contributed by atoms with Crippen LogP contribution in [0.2, 0.25) is 0 Å². The minimum absolute atomic E-state index is 0.752. The molecule has 1 aliphatic rings. The topological polar surface area (TPSA) is 25.4 Å². The molecule has 0 aromatic carbocycles. The maximum atomic E-state index is 5.38. The first kappa shape index (κ1) is 7.15. The second kappa shape index (κ2) is 2.84. The summed E-state index contributed by atoms with van der Waals surface area (Å²) in [5.41, 5.74) is 1.12. The second-order valence-corrected chi connectivity index (χ2v) is 3.44. The van der Waals surface area contributed by atoms with Gasteiger partial charge in [-0.3, -0.25) is 4.98 Å². The molecule has 3 nitrogen and oxygen atoms in total. The lowest BCUT2D eigenvalue weighted by molar-refractivity contribution is 0.318. The van der Waals surface area contributed by atoms with Crippen molar-refractivity contribution < 1.29 is 4.74 Å². The molecular weight excluding hydrogens is 255 g/mol. The maximum absolute atomic E-state index is 5.38. The average molecular weight is 262 g/mol. The fraction of sp³-hybridized carbons (Fsp3) is 0.286.